The third-order valence-corrected chi connectivity index (χ3v) is 6.19. The second-order valence-corrected chi connectivity index (χ2v) is 8.45. The van der Waals surface area contributed by atoms with Gasteiger partial charge in [-0.05, 0) is 37.5 Å². The first-order valence-corrected chi connectivity index (χ1v) is 11.0. The van der Waals surface area contributed by atoms with E-state index >= 15 is 0 Å². The molecule has 1 N–H and O–H groups in total. The first-order valence-electron chi connectivity index (χ1n) is 10.2. The van der Waals surface area contributed by atoms with Gasteiger partial charge in [-0.3, -0.25) is 9.59 Å². The summed E-state index contributed by atoms with van der Waals surface area (Å²) in [6.07, 6.45) is 2.24. The number of aryl methyl sites for hydroxylation is 2. The molecule has 1 fully saturated rings. The van der Waals surface area contributed by atoms with Crippen molar-refractivity contribution in [2.75, 3.05) is 36.4 Å². The zero-order chi connectivity index (χ0) is 20.8. The summed E-state index contributed by atoms with van der Waals surface area (Å²) in [4.78, 5) is 28.8. The highest BCUT2D eigenvalue weighted by atomic mass is 32.1. The third-order valence-electron chi connectivity index (χ3n) is 5.29. The molecule has 0 bridgehead atoms. The SMILES string of the molecule is CCCc1nnc(NC(=O)CCC(=O)N2CCN(c3cccc(C)c3C)CC2)s1. The predicted molar refractivity (Wildman–Crippen MR) is 116 cm³/mol. The number of piperazine rings is 1. The van der Waals surface area contributed by atoms with Gasteiger partial charge in [0.25, 0.3) is 0 Å². The molecule has 3 rings (SSSR count). The molecule has 0 spiro atoms. The van der Waals surface area contributed by atoms with E-state index in [-0.39, 0.29) is 24.7 Å². The third kappa shape index (κ3) is 5.53. The van der Waals surface area contributed by atoms with Crippen LogP contribution in [0.3, 0.4) is 0 Å². The van der Waals surface area contributed by atoms with Crippen molar-refractivity contribution in [1.29, 1.82) is 0 Å². The Bertz CT molecular complexity index is 859. The fourth-order valence-corrected chi connectivity index (χ4v) is 4.31. The van der Waals surface area contributed by atoms with Crippen molar-refractivity contribution >= 4 is 34.0 Å². The molecule has 1 aliphatic rings. The maximum Gasteiger partial charge on any atom is 0.226 e. The van der Waals surface area contributed by atoms with Crippen LogP contribution in [0.1, 0.15) is 42.3 Å². The number of carbonyl (C=O) groups excluding carboxylic acids is 2. The van der Waals surface area contributed by atoms with Crippen LogP contribution >= 0.6 is 11.3 Å². The van der Waals surface area contributed by atoms with E-state index < -0.39 is 0 Å². The van der Waals surface area contributed by atoms with Crippen LogP contribution in [0.15, 0.2) is 18.2 Å². The highest BCUT2D eigenvalue weighted by molar-refractivity contribution is 7.15. The van der Waals surface area contributed by atoms with E-state index in [1.807, 2.05) is 4.90 Å². The minimum absolute atomic E-state index is 0.0321. The molecule has 0 atom stereocenters. The van der Waals surface area contributed by atoms with Crippen LogP contribution in [0.25, 0.3) is 0 Å². The average Bonchev–Trinajstić information content (AvgIpc) is 3.15. The van der Waals surface area contributed by atoms with Crippen LogP contribution in [0.2, 0.25) is 0 Å². The Labute approximate surface area is 176 Å². The molecular weight excluding hydrogens is 386 g/mol. The van der Waals surface area contributed by atoms with E-state index in [1.54, 1.807) is 0 Å². The zero-order valence-electron chi connectivity index (χ0n) is 17.4. The lowest BCUT2D eigenvalue weighted by Crippen LogP contribution is -2.49. The molecule has 0 radical (unpaired) electrons. The molecule has 7 nitrogen and oxygen atoms in total. The maximum atomic E-state index is 12.5. The molecule has 156 valence electrons. The molecule has 0 aliphatic carbocycles. The van der Waals surface area contributed by atoms with E-state index in [9.17, 15) is 9.59 Å². The second-order valence-electron chi connectivity index (χ2n) is 7.39. The number of nitrogens with one attached hydrogen (secondary N) is 1. The number of nitrogens with zero attached hydrogens (tertiary/aromatic N) is 4. The number of hydrogen-bond donors (Lipinski definition) is 1. The number of aromatic nitrogens is 2. The molecule has 2 amide bonds. The van der Waals surface area contributed by atoms with Crippen LogP contribution in [-0.2, 0) is 16.0 Å². The summed E-state index contributed by atoms with van der Waals surface area (Å²) < 4.78 is 0. The summed E-state index contributed by atoms with van der Waals surface area (Å²) in [7, 11) is 0. The van der Waals surface area contributed by atoms with E-state index in [4.69, 9.17) is 0 Å². The van der Waals surface area contributed by atoms with Crippen LogP contribution < -0.4 is 10.2 Å². The Balaban J connectivity index is 1.43. The lowest BCUT2D eigenvalue weighted by atomic mass is 10.1. The summed E-state index contributed by atoms with van der Waals surface area (Å²) in [5, 5.41) is 12.2. The van der Waals surface area contributed by atoms with E-state index in [2.05, 4.69) is 59.4 Å². The summed E-state index contributed by atoms with van der Waals surface area (Å²) in [5.74, 6) is -0.156. The molecule has 1 aromatic carbocycles. The van der Waals surface area contributed by atoms with Crippen molar-refractivity contribution in [3.63, 3.8) is 0 Å². The molecule has 1 aliphatic heterocycles. The molecule has 1 saturated heterocycles. The molecule has 2 aromatic rings. The summed E-state index contributed by atoms with van der Waals surface area (Å²) >= 11 is 1.39. The van der Waals surface area contributed by atoms with Crippen LogP contribution in [0.5, 0.6) is 0 Å². The number of benzene rings is 1. The largest absolute Gasteiger partial charge is 0.368 e. The smallest absolute Gasteiger partial charge is 0.226 e. The maximum absolute atomic E-state index is 12.5. The fraction of sp³-hybridized carbons (Fsp3) is 0.524. The monoisotopic (exact) mass is 415 g/mol. The summed E-state index contributed by atoms with van der Waals surface area (Å²) in [6.45, 7) is 9.34. The summed E-state index contributed by atoms with van der Waals surface area (Å²) in [6, 6.07) is 6.34. The van der Waals surface area contributed by atoms with Crippen molar-refractivity contribution in [3.8, 4) is 0 Å². The van der Waals surface area contributed by atoms with Crippen molar-refractivity contribution in [1.82, 2.24) is 15.1 Å². The Morgan fingerprint density at radius 1 is 1.10 bits per heavy atom. The highest BCUT2D eigenvalue weighted by Gasteiger charge is 2.22. The van der Waals surface area contributed by atoms with Crippen molar-refractivity contribution in [2.45, 2.75) is 46.5 Å². The molecule has 0 saturated carbocycles. The van der Waals surface area contributed by atoms with Crippen LogP contribution in [0.4, 0.5) is 10.8 Å². The van der Waals surface area contributed by atoms with Gasteiger partial charge in [-0.25, -0.2) is 0 Å². The van der Waals surface area contributed by atoms with Gasteiger partial charge >= 0.3 is 0 Å². The van der Waals surface area contributed by atoms with Gasteiger partial charge in [-0.2, -0.15) is 0 Å². The van der Waals surface area contributed by atoms with Gasteiger partial charge in [-0.15, -0.1) is 10.2 Å². The summed E-state index contributed by atoms with van der Waals surface area (Å²) in [5.41, 5.74) is 3.82. The Morgan fingerprint density at radius 2 is 1.86 bits per heavy atom. The quantitative estimate of drug-likeness (QED) is 0.751. The van der Waals surface area contributed by atoms with Crippen molar-refractivity contribution < 1.29 is 9.59 Å². The van der Waals surface area contributed by atoms with E-state index in [0.717, 1.165) is 30.9 Å². The molecular formula is C21H29N5O2S. The van der Waals surface area contributed by atoms with E-state index in [1.165, 1.54) is 28.2 Å². The van der Waals surface area contributed by atoms with Crippen molar-refractivity contribution in [3.05, 3.63) is 34.3 Å². The van der Waals surface area contributed by atoms with Crippen LogP contribution in [-0.4, -0.2) is 53.1 Å². The zero-order valence-corrected chi connectivity index (χ0v) is 18.2. The number of hydrogen-bond acceptors (Lipinski definition) is 6. The van der Waals surface area contributed by atoms with Gasteiger partial charge in [0.15, 0.2) is 0 Å². The second kappa shape index (κ2) is 9.82. The fourth-order valence-electron chi connectivity index (χ4n) is 3.45. The molecule has 1 aromatic heterocycles. The Kier molecular flexibility index (Phi) is 7.19. The van der Waals surface area contributed by atoms with Gasteiger partial charge in [-0.1, -0.05) is 30.4 Å². The normalized spacial score (nSPS) is 14.2. The lowest BCUT2D eigenvalue weighted by molar-refractivity contribution is -0.133. The van der Waals surface area contributed by atoms with Gasteiger partial charge in [0, 0.05) is 51.1 Å². The number of amides is 2. The minimum Gasteiger partial charge on any atom is -0.368 e. The van der Waals surface area contributed by atoms with Gasteiger partial charge < -0.3 is 15.1 Å². The molecule has 2 heterocycles. The highest BCUT2D eigenvalue weighted by Crippen LogP contribution is 2.24. The van der Waals surface area contributed by atoms with Crippen LogP contribution in [0, 0.1) is 13.8 Å². The first-order chi connectivity index (χ1) is 14.0. The lowest BCUT2D eigenvalue weighted by Gasteiger charge is -2.37. The minimum atomic E-state index is -0.188. The van der Waals surface area contributed by atoms with E-state index in [0.29, 0.717) is 18.2 Å². The number of anilines is 2. The van der Waals surface area contributed by atoms with Gasteiger partial charge in [0.05, 0.1) is 0 Å². The Morgan fingerprint density at radius 3 is 2.59 bits per heavy atom. The molecule has 0 unspecified atom stereocenters. The number of carbonyl (C=O) groups is 2. The molecule has 8 heteroatoms. The number of rotatable bonds is 7. The first kappa shape index (κ1) is 21.2. The van der Waals surface area contributed by atoms with Gasteiger partial charge in [0.1, 0.15) is 5.01 Å². The molecule has 29 heavy (non-hydrogen) atoms. The average molecular weight is 416 g/mol. The Hall–Kier alpha value is -2.48. The topological polar surface area (TPSA) is 78.4 Å². The van der Waals surface area contributed by atoms with Gasteiger partial charge in [0.2, 0.25) is 16.9 Å². The predicted octanol–water partition coefficient (Wildman–Crippen LogP) is 3.17. The standard InChI is InChI=1S/C21H29N5O2S/c1-4-6-19-23-24-21(29-19)22-18(27)9-10-20(28)26-13-11-25(12-14-26)17-8-5-7-15(2)16(17)3/h5,7-8H,4,6,9-14H2,1-3H3,(H,22,24,27). The van der Waals surface area contributed by atoms with Crippen molar-refractivity contribution in [2.24, 2.45) is 0 Å².